The molecule has 0 aliphatic rings. The minimum atomic E-state index is -0.257. The molecule has 0 amide bonds. The topological polar surface area (TPSA) is 32.9 Å². The molecule has 3 heteroatoms. The molecule has 3 aromatic rings. The van der Waals surface area contributed by atoms with Gasteiger partial charge in [0.1, 0.15) is 5.82 Å². The van der Waals surface area contributed by atoms with Crippen LogP contribution in [0, 0.1) is 5.82 Å². The Balaban J connectivity index is 2.15. The fourth-order valence-corrected chi connectivity index (χ4v) is 2.06. The van der Waals surface area contributed by atoms with Gasteiger partial charge in [-0.25, -0.2) is 4.39 Å². The normalized spacial score (nSPS) is 10.7. The highest BCUT2D eigenvalue weighted by Gasteiger charge is 2.03. The highest BCUT2D eigenvalue weighted by atomic mass is 19.1. The van der Waals surface area contributed by atoms with E-state index in [1.54, 1.807) is 12.1 Å². The van der Waals surface area contributed by atoms with Crippen molar-refractivity contribution in [3.63, 3.8) is 0 Å². The lowest BCUT2D eigenvalue weighted by molar-refractivity contribution is 0.112. The molecule has 0 atom stereocenters. The van der Waals surface area contributed by atoms with Crippen molar-refractivity contribution in [1.29, 1.82) is 0 Å². The minimum Gasteiger partial charge on any atom is -0.352 e. The van der Waals surface area contributed by atoms with Gasteiger partial charge in [0, 0.05) is 10.9 Å². The Morgan fingerprint density at radius 3 is 2.61 bits per heavy atom. The van der Waals surface area contributed by atoms with Gasteiger partial charge in [-0.15, -0.1) is 0 Å². The van der Waals surface area contributed by atoms with E-state index in [1.807, 2.05) is 24.3 Å². The van der Waals surface area contributed by atoms with Gasteiger partial charge >= 0.3 is 0 Å². The molecule has 0 unspecified atom stereocenters. The molecule has 0 saturated heterocycles. The van der Waals surface area contributed by atoms with Crippen molar-refractivity contribution in [2.45, 2.75) is 0 Å². The number of carbonyl (C=O) groups excluding carboxylic acids is 1. The number of aromatic nitrogens is 1. The molecule has 0 spiro atoms. The molecule has 0 aliphatic heterocycles. The number of aldehydes is 1. The lowest BCUT2D eigenvalue weighted by atomic mass is 10.0. The van der Waals surface area contributed by atoms with E-state index in [2.05, 4.69) is 4.98 Å². The number of hydrogen-bond acceptors (Lipinski definition) is 1. The molecular formula is C15H10FNO. The molecule has 2 aromatic carbocycles. The average molecular weight is 239 g/mol. The van der Waals surface area contributed by atoms with Gasteiger partial charge < -0.3 is 4.98 Å². The summed E-state index contributed by atoms with van der Waals surface area (Å²) in [6, 6.07) is 14.0. The maximum atomic E-state index is 13.2. The zero-order valence-corrected chi connectivity index (χ0v) is 9.48. The zero-order valence-electron chi connectivity index (χ0n) is 9.48. The number of carbonyl (C=O) groups is 1. The van der Waals surface area contributed by atoms with Crippen LogP contribution in [0.3, 0.4) is 0 Å². The first-order valence-electron chi connectivity index (χ1n) is 5.60. The van der Waals surface area contributed by atoms with Crippen LogP contribution in [0.15, 0.2) is 48.5 Å². The molecule has 3 rings (SSSR count). The lowest BCUT2D eigenvalue weighted by Crippen LogP contribution is -1.80. The van der Waals surface area contributed by atoms with E-state index in [9.17, 15) is 9.18 Å². The average Bonchev–Trinajstić information content (AvgIpc) is 2.80. The second-order valence-corrected chi connectivity index (χ2v) is 4.15. The number of aromatic amines is 1. The molecule has 1 N–H and O–H groups in total. The highest BCUT2D eigenvalue weighted by molar-refractivity contribution is 5.90. The van der Waals surface area contributed by atoms with Gasteiger partial charge in [-0.2, -0.15) is 0 Å². The van der Waals surface area contributed by atoms with E-state index in [-0.39, 0.29) is 5.82 Å². The number of H-pyrrole nitrogens is 1. The fourth-order valence-electron chi connectivity index (χ4n) is 2.06. The SMILES string of the molecule is O=Cc1cc2ccc(-c3cccc(F)c3)cc2[nH]1. The molecule has 0 radical (unpaired) electrons. The number of nitrogens with one attached hydrogen (secondary N) is 1. The molecule has 1 heterocycles. The summed E-state index contributed by atoms with van der Waals surface area (Å²) in [7, 11) is 0. The van der Waals surface area contributed by atoms with E-state index in [4.69, 9.17) is 0 Å². The first kappa shape index (κ1) is 10.7. The standard InChI is InChI=1S/C15H10FNO/c16-13-3-1-2-10(6-13)11-4-5-12-7-14(9-18)17-15(12)8-11/h1-9,17H. The van der Waals surface area contributed by atoms with E-state index in [0.717, 1.165) is 28.3 Å². The molecule has 88 valence electrons. The maximum absolute atomic E-state index is 13.2. The van der Waals surface area contributed by atoms with Crippen molar-refractivity contribution in [1.82, 2.24) is 4.98 Å². The summed E-state index contributed by atoms with van der Waals surface area (Å²) in [5, 5.41) is 0.970. The Morgan fingerprint density at radius 1 is 1.00 bits per heavy atom. The predicted octanol–water partition coefficient (Wildman–Crippen LogP) is 3.79. The smallest absolute Gasteiger partial charge is 0.166 e. The van der Waals surface area contributed by atoms with Crippen LogP contribution in [0.2, 0.25) is 0 Å². The number of rotatable bonds is 2. The van der Waals surface area contributed by atoms with Crippen molar-refractivity contribution in [2.24, 2.45) is 0 Å². The minimum absolute atomic E-state index is 0.257. The molecule has 0 saturated carbocycles. The Labute approximate surface area is 103 Å². The van der Waals surface area contributed by atoms with E-state index >= 15 is 0 Å². The first-order valence-corrected chi connectivity index (χ1v) is 5.60. The van der Waals surface area contributed by atoms with Crippen LogP contribution in [0.4, 0.5) is 4.39 Å². The van der Waals surface area contributed by atoms with Crippen molar-refractivity contribution in [3.05, 3.63) is 60.0 Å². The molecule has 1 aromatic heterocycles. The van der Waals surface area contributed by atoms with Gasteiger partial charge in [0.05, 0.1) is 5.69 Å². The maximum Gasteiger partial charge on any atom is 0.166 e. The fraction of sp³-hybridized carbons (Fsp3) is 0. The van der Waals surface area contributed by atoms with Gasteiger partial charge in [-0.3, -0.25) is 4.79 Å². The predicted molar refractivity (Wildman–Crippen MR) is 69.1 cm³/mol. The van der Waals surface area contributed by atoms with Crippen LogP contribution >= 0.6 is 0 Å². The summed E-state index contributed by atoms with van der Waals surface area (Å²) < 4.78 is 13.2. The first-order chi connectivity index (χ1) is 8.76. The summed E-state index contributed by atoms with van der Waals surface area (Å²) in [6.07, 6.45) is 0.780. The summed E-state index contributed by atoms with van der Waals surface area (Å²) in [6.45, 7) is 0. The van der Waals surface area contributed by atoms with Crippen LogP contribution in [-0.4, -0.2) is 11.3 Å². The van der Waals surface area contributed by atoms with Gasteiger partial charge in [0.15, 0.2) is 6.29 Å². The third-order valence-corrected chi connectivity index (χ3v) is 2.93. The zero-order chi connectivity index (χ0) is 12.5. The number of hydrogen-bond donors (Lipinski definition) is 1. The third-order valence-electron chi connectivity index (χ3n) is 2.93. The van der Waals surface area contributed by atoms with Gasteiger partial charge in [-0.05, 0) is 35.4 Å². The monoisotopic (exact) mass is 239 g/mol. The molecule has 0 fully saturated rings. The summed E-state index contributed by atoms with van der Waals surface area (Å²) >= 11 is 0. The van der Waals surface area contributed by atoms with Crippen LogP contribution < -0.4 is 0 Å². The Morgan fingerprint density at radius 2 is 1.83 bits per heavy atom. The van der Waals surface area contributed by atoms with Crippen molar-refractivity contribution in [2.75, 3.05) is 0 Å². The van der Waals surface area contributed by atoms with Crippen LogP contribution in [0.5, 0.6) is 0 Å². The van der Waals surface area contributed by atoms with Crippen LogP contribution in [-0.2, 0) is 0 Å². The van der Waals surface area contributed by atoms with Gasteiger partial charge in [0.25, 0.3) is 0 Å². The van der Waals surface area contributed by atoms with Gasteiger partial charge in [-0.1, -0.05) is 24.3 Å². The molecule has 0 aliphatic carbocycles. The van der Waals surface area contributed by atoms with Crippen LogP contribution in [0.25, 0.3) is 22.0 Å². The Hall–Kier alpha value is -2.42. The Bertz CT molecular complexity index is 730. The van der Waals surface area contributed by atoms with Crippen LogP contribution in [0.1, 0.15) is 10.5 Å². The molecule has 2 nitrogen and oxygen atoms in total. The number of fused-ring (bicyclic) bond motifs is 1. The van der Waals surface area contributed by atoms with Crippen molar-refractivity contribution in [3.8, 4) is 11.1 Å². The van der Waals surface area contributed by atoms with E-state index in [1.165, 1.54) is 12.1 Å². The van der Waals surface area contributed by atoms with Crippen molar-refractivity contribution >= 4 is 17.2 Å². The van der Waals surface area contributed by atoms with E-state index < -0.39 is 0 Å². The number of halogens is 1. The van der Waals surface area contributed by atoms with Crippen molar-refractivity contribution < 1.29 is 9.18 Å². The largest absolute Gasteiger partial charge is 0.352 e. The summed E-state index contributed by atoms with van der Waals surface area (Å²) in [5.74, 6) is -0.257. The van der Waals surface area contributed by atoms with Gasteiger partial charge in [0.2, 0.25) is 0 Å². The Kier molecular flexibility index (Phi) is 2.45. The second kappa shape index (κ2) is 4.11. The van der Waals surface area contributed by atoms with E-state index in [0.29, 0.717) is 5.69 Å². The molecule has 18 heavy (non-hydrogen) atoms. The number of benzene rings is 2. The summed E-state index contributed by atoms with van der Waals surface area (Å²) in [4.78, 5) is 13.7. The lowest BCUT2D eigenvalue weighted by Gasteiger charge is -2.01. The molecule has 0 bridgehead atoms. The summed E-state index contributed by atoms with van der Waals surface area (Å²) in [5.41, 5.74) is 3.15. The highest BCUT2D eigenvalue weighted by Crippen LogP contribution is 2.24. The quantitative estimate of drug-likeness (QED) is 0.678. The molecular weight excluding hydrogens is 229 g/mol. The third kappa shape index (κ3) is 1.80. The second-order valence-electron chi connectivity index (χ2n) is 4.15.